The van der Waals surface area contributed by atoms with Crippen molar-refractivity contribution in [2.24, 2.45) is 0 Å². The molecule has 20 heavy (non-hydrogen) atoms. The summed E-state index contributed by atoms with van der Waals surface area (Å²) in [4.78, 5) is 4.54. The molecule has 0 spiro atoms. The third kappa shape index (κ3) is 6.31. The summed E-state index contributed by atoms with van der Waals surface area (Å²) in [6, 6.07) is 0.534. The molecule has 0 amide bonds. The van der Waals surface area contributed by atoms with Gasteiger partial charge in [-0.2, -0.15) is 11.8 Å². The predicted molar refractivity (Wildman–Crippen MR) is 90.5 cm³/mol. The molecule has 0 aromatic carbocycles. The molecule has 2 unspecified atom stereocenters. The number of rotatable bonds is 11. The molecule has 3 nitrogen and oxygen atoms in total. The van der Waals surface area contributed by atoms with Crippen molar-refractivity contribution in [3.8, 4) is 0 Å². The van der Waals surface area contributed by atoms with Gasteiger partial charge in [0.2, 0.25) is 0 Å². The summed E-state index contributed by atoms with van der Waals surface area (Å²) in [7, 11) is 0. The van der Waals surface area contributed by atoms with Crippen LogP contribution in [0.4, 0.5) is 0 Å². The van der Waals surface area contributed by atoms with Crippen LogP contribution in [-0.4, -0.2) is 33.1 Å². The van der Waals surface area contributed by atoms with Crippen molar-refractivity contribution in [2.45, 2.75) is 71.2 Å². The summed E-state index contributed by atoms with van der Waals surface area (Å²) >= 11 is 2.08. The van der Waals surface area contributed by atoms with Gasteiger partial charge >= 0.3 is 0 Å². The van der Waals surface area contributed by atoms with Gasteiger partial charge in [0.05, 0.1) is 0 Å². The van der Waals surface area contributed by atoms with E-state index in [4.69, 9.17) is 0 Å². The zero-order valence-electron chi connectivity index (χ0n) is 13.6. The average Bonchev–Trinajstić information content (AvgIpc) is 2.89. The van der Waals surface area contributed by atoms with Gasteiger partial charge in [-0.05, 0) is 25.8 Å². The molecule has 0 saturated carbocycles. The van der Waals surface area contributed by atoms with E-state index in [9.17, 15) is 0 Å². The molecular weight excluding hydrogens is 266 g/mol. The highest BCUT2D eigenvalue weighted by molar-refractivity contribution is 7.99. The Labute approximate surface area is 128 Å². The summed E-state index contributed by atoms with van der Waals surface area (Å²) in [5.41, 5.74) is 0. The van der Waals surface area contributed by atoms with E-state index >= 15 is 0 Å². The second-order valence-corrected chi connectivity index (χ2v) is 6.92. The first-order valence-corrected chi connectivity index (χ1v) is 9.11. The van der Waals surface area contributed by atoms with Crippen LogP contribution in [0.3, 0.4) is 0 Å². The largest absolute Gasteiger partial charge is 0.335 e. The summed E-state index contributed by atoms with van der Waals surface area (Å²) in [5.74, 6) is 2.40. The van der Waals surface area contributed by atoms with E-state index < -0.39 is 0 Å². The van der Waals surface area contributed by atoms with Gasteiger partial charge in [0.15, 0.2) is 0 Å². The van der Waals surface area contributed by atoms with Gasteiger partial charge in [-0.1, -0.05) is 27.7 Å². The summed E-state index contributed by atoms with van der Waals surface area (Å²) in [6.45, 7) is 11.2. The molecule has 0 saturated heterocycles. The van der Waals surface area contributed by atoms with Gasteiger partial charge in [0.1, 0.15) is 5.82 Å². The first-order valence-electron chi connectivity index (χ1n) is 8.06. The van der Waals surface area contributed by atoms with Crippen LogP contribution in [0, 0.1) is 0 Å². The lowest BCUT2D eigenvalue weighted by Gasteiger charge is -2.20. The molecule has 1 N–H and O–H groups in total. The Balaban J connectivity index is 2.55. The molecule has 0 radical (unpaired) electrons. The van der Waals surface area contributed by atoms with Crippen LogP contribution in [-0.2, 0) is 13.0 Å². The molecule has 0 fully saturated rings. The second-order valence-electron chi connectivity index (χ2n) is 5.44. The molecule has 1 aromatic rings. The Kier molecular flexibility index (Phi) is 9.03. The highest BCUT2D eigenvalue weighted by Crippen LogP contribution is 2.16. The highest BCUT2D eigenvalue weighted by atomic mass is 32.2. The number of imidazole rings is 1. The lowest BCUT2D eigenvalue weighted by Crippen LogP contribution is -2.35. The molecule has 1 rings (SSSR count). The molecule has 4 heteroatoms. The third-order valence-corrected chi connectivity index (χ3v) is 5.03. The number of hydrogen-bond acceptors (Lipinski definition) is 3. The maximum absolute atomic E-state index is 4.54. The molecular formula is C16H31N3S. The van der Waals surface area contributed by atoms with E-state index in [-0.39, 0.29) is 0 Å². The Bertz CT molecular complexity index is 351. The van der Waals surface area contributed by atoms with E-state index in [0.29, 0.717) is 6.04 Å². The Morgan fingerprint density at radius 3 is 2.75 bits per heavy atom. The molecule has 1 heterocycles. The van der Waals surface area contributed by atoms with Crippen molar-refractivity contribution in [1.82, 2.24) is 14.9 Å². The summed E-state index contributed by atoms with van der Waals surface area (Å²) in [6.07, 6.45) is 8.68. The van der Waals surface area contributed by atoms with Crippen LogP contribution in [0.1, 0.15) is 52.8 Å². The minimum atomic E-state index is 0.534. The Morgan fingerprint density at radius 2 is 2.10 bits per heavy atom. The molecule has 0 bridgehead atoms. The van der Waals surface area contributed by atoms with Crippen molar-refractivity contribution in [1.29, 1.82) is 0 Å². The van der Waals surface area contributed by atoms with Crippen LogP contribution in [0.15, 0.2) is 12.4 Å². The standard InChI is InChI=1S/C16H31N3S/c1-5-8-17-15(13-20-14(4)7-3)12-16-18-9-11-19(16)10-6-2/h9,11,14-15,17H,5-8,10,12-13H2,1-4H3. The number of aromatic nitrogens is 2. The van der Waals surface area contributed by atoms with Crippen LogP contribution >= 0.6 is 11.8 Å². The smallest absolute Gasteiger partial charge is 0.110 e. The lowest BCUT2D eigenvalue weighted by atomic mass is 10.2. The second kappa shape index (κ2) is 10.3. The molecule has 0 aliphatic carbocycles. The molecule has 0 aliphatic heterocycles. The third-order valence-electron chi connectivity index (χ3n) is 3.54. The number of nitrogens with zero attached hydrogens (tertiary/aromatic N) is 2. The zero-order chi connectivity index (χ0) is 14.8. The van der Waals surface area contributed by atoms with Crippen LogP contribution in [0.25, 0.3) is 0 Å². The van der Waals surface area contributed by atoms with Crippen molar-refractivity contribution in [2.75, 3.05) is 12.3 Å². The lowest BCUT2D eigenvalue weighted by molar-refractivity contribution is 0.519. The van der Waals surface area contributed by atoms with E-state index in [2.05, 4.69) is 60.5 Å². The van der Waals surface area contributed by atoms with E-state index in [1.54, 1.807) is 0 Å². The van der Waals surface area contributed by atoms with Crippen molar-refractivity contribution in [3.05, 3.63) is 18.2 Å². The van der Waals surface area contributed by atoms with Gasteiger partial charge in [-0.3, -0.25) is 0 Å². The fourth-order valence-electron chi connectivity index (χ4n) is 2.13. The van der Waals surface area contributed by atoms with Crippen LogP contribution in [0.2, 0.25) is 0 Å². The Morgan fingerprint density at radius 1 is 1.30 bits per heavy atom. The quantitative estimate of drug-likeness (QED) is 0.675. The van der Waals surface area contributed by atoms with Crippen molar-refractivity contribution in [3.63, 3.8) is 0 Å². The number of thioether (sulfide) groups is 1. The monoisotopic (exact) mass is 297 g/mol. The number of hydrogen-bond donors (Lipinski definition) is 1. The van der Waals surface area contributed by atoms with E-state index in [0.717, 1.165) is 31.2 Å². The minimum absolute atomic E-state index is 0.534. The number of nitrogens with one attached hydrogen (secondary N) is 1. The highest BCUT2D eigenvalue weighted by Gasteiger charge is 2.14. The molecule has 1 aromatic heterocycles. The van der Waals surface area contributed by atoms with Crippen LogP contribution in [0.5, 0.6) is 0 Å². The van der Waals surface area contributed by atoms with Crippen LogP contribution < -0.4 is 5.32 Å². The van der Waals surface area contributed by atoms with Gasteiger partial charge in [-0.25, -0.2) is 4.98 Å². The first-order chi connectivity index (χ1) is 9.71. The van der Waals surface area contributed by atoms with Crippen molar-refractivity contribution < 1.29 is 0 Å². The fraction of sp³-hybridized carbons (Fsp3) is 0.812. The maximum Gasteiger partial charge on any atom is 0.110 e. The van der Waals surface area contributed by atoms with Gasteiger partial charge in [0.25, 0.3) is 0 Å². The van der Waals surface area contributed by atoms with Gasteiger partial charge in [-0.15, -0.1) is 0 Å². The maximum atomic E-state index is 4.54. The topological polar surface area (TPSA) is 29.9 Å². The average molecular weight is 298 g/mol. The summed E-state index contributed by atoms with van der Waals surface area (Å²) < 4.78 is 2.30. The van der Waals surface area contributed by atoms with Crippen molar-refractivity contribution >= 4 is 11.8 Å². The molecule has 116 valence electrons. The first kappa shape index (κ1) is 17.6. The zero-order valence-corrected chi connectivity index (χ0v) is 14.4. The predicted octanol–water partition coefficient (Wildman–Crippen LogP) is 3.74. The normalized spacial score (nSPS) is 14.4. The fourth-order valence-corrected chi connectivity index (χ4v) is 3.16. The summed E-state index contributed by atoms with van der Waals surface area (Å²) in [5, 5.41) is 4.43. The number of aryl methyl sites for hydroxylation is 1. The van der Waals surface area contributed by atoms with Gasteiger partial charge in [0, 0.05) is 42.4 Å². The van der Waals surface area contributed by atoms with E-state index in [1.807, 2.05) is 6.20 Å². The molecule has 2 atom stereocenters. The minimum Gasteiger partial charge on any atom is -0.335 e. The SMILES string of the molecule is CCCNC(CSC(C)CC)Cc1nccn1CCC. The van der Waals surface area contributed by atoms with Gasteiger partial charge < -0.3 is 9.88 Å². The van der Waals surface area contributed by atoms with E-state index in [1.165, 1.54) is 24.4 Å². The Hall–Kier alpha value is -0.480. The molecule has 0 aliphatic rings.